The highest BCUT2D eigenvalue weighted by molar-refractivity contribution is 5.95. The molecule has 0 aromatic heterocycles. The third kappa shape index (κ3) is 12.7. The number of amides is 3. The minimum absolute atomic E-state index is 0.00475. The van der Waals surface area contributed by atoms with Crippen LogP contribution in [0.1, 0.15) is 50.8 Å². The van der Waals surface area contributed by atoms with E-state index in [1.54, 1.807) is 83.3 Å². The number of rotatable bonds is 20. The van der Waals surface area contributed by atoms with Crippen LogP contribution in [0.15, 0.2) is 72.8 Å². The van der Waals surface area contributed by atoms with Gasteiger partial charge in [-0.15, -0.1) is 0 Å². The van der Waals surface area contributed by atoms with Gasteiger partial charge in [-0.05, 0) is 85.9 Å². The van der Waals surface area contributed by atoms with Crippen molar-refractivity contribution in [2.24, 2.45) is 11.8 Å². The SMILES string of the molecule is CC[C@H](C)[C@H](OC(=O)[C@@H](Cc1ccc(OC)cc1)N(C)C)C(=O)N[C@H](C(=O)N(C)[C@@H](Cc1ccc(O)cc1)C(=O)N(C)[C@@H](Cc1ccc(O)cc1)C(=O)OC)C(C)C. The molecule has 3 amide bonds. The molecule has 0 bridgehead atoms. The molecule has 0 heterocycles. The van der Waals surface area contributed by atoms with Crippen LogP contribution in [0.5, 0.6) is 17.2 Å². The Morgan fingerprint density at radius 2 is 1.09 bits per heavy atom. The zero-order valence-corrected chi connectivity index (χ0v) is 35.3. The van der Waals surface area contributed by atoms with Gasteiger partial charge in [-0.2, -0.15) is 0 Å². The minimum Gasteiger partial charge on any atom is -0.508 e. The summed E-state index contributed by atoms with van der Waals surface area (Å²) in [7, 11) is 9.21. The highest BCUT2D eigenvalue weighted by Gasteiger charge is 2.40. The molecule has 14 nitrogen and oxygen atoms in total. The minimum atomic E-state index is -1.23. The predicted octanol–water partition coefficient (Wildman–Crippen LogP) is 3.99. The topological polar surface area (TPSA) is 175 Å². The number of carbonyl (C=O) groups is 5. The van der Waals surface area contributed by atoms with E-state index >= 15 is 0 Å². The molecule has 3 N–H and O–H groups in total. The number of likely N-dealkylation sites (N-methyl/N-ethyl adjacent to an activating group) is 3. The average molecular weight is 805 g/mol. The van der Waals surface area contributed by atoms with Crippen molar-refractivity contribution >= 4 is 29.7 Å². The lowest BCUT2D eigenvalue weighted by Gasteiger charge is -2.36. The normalized spacial score (nSPS) is 14.3. The van der Waals surface area contributed by atoms with Crippen LogP contribution in [-0.4, -0.2) is 127 Å². The molecule has 3 aromatic carbocycles. The maximum absolute atomic E-state index is 14.5. The van der Waals surface area contributed by atoms with Crippen LogP contribution >= 0.6 is 0 Å². The second-order valence-corrected chi connectivity index (χ2v) is 15.2. The molecule has 14 heteroatoms. The van der Waals surface area contributed by atoms with Crippen LogP contribution in [0.3, 0.4) is 0 Å². The van der Waals surface area contributed by atoms with Gasteiger partial charge in [0.15, 0.2) is 6.10 Å². The number of carbonyl (C=O) groups excluding carboxylic acids is 5. The summed E-state index contributed by atoms with van der Waals surface area (Å²) < 4.78 is 16.3. The van der Waals surface area contributed by atoms with Crippen molar-refractivity contribution in [1.29, 1.82) is 0 Å². The Bertz CT molecular complexity index is 1820. The molecular weight excluding hydrogens is 745 g/mol. The van der Waals surface area contributed by atoms with E-state index in [4.69, 9.17) is 14.2 Å². The standard InChI is InChI=1S/C44H60N4O10/c1-11-28(4)39(58-44(55)36(46(5)6)25-31-16-22-34(56-9)23-17-31)40(51)45-38(27(2)3)42(53)47(7)35(24-29-12-18-32(49)19-13-29)41(52)48(8)37(43(54)57-10)26-30-14-20-33(50)21-15-30/h12-23,27-28,35-39,49-50H,11,24-26H2,1-10H3,(H,45,51)/t28-,35-,36+,37-,38-,39-/m0/s1. The lowest BCUT2D eigenvalue weighted by Crippen LogP contribution is -2.59. The molecule has 0 aliphatic carbocycles. The number of ether oxygens (including phenoxy) is 3. The first kappa shape index (κ1) is 46.8. The number of benzene rings is 3. The van der Waals surface area contributed by atoms with Crippen molar-refractivity contribution in [2.45, 2.75) is 83.6 Å². The maximum Gasteiger partial charge on any atom is 0.328 e. The second-order valence-electron chi connectivity index (χ2n) is 15.2. The van der Waals surface area contributed by atoms with E-state index in [9.17, 15) is 34.2 Å². The Morgan fingerprint density at radius 3 is 1.52 bits per heavy atom. The van der Waals surface area contributed by atoms with E-state index < -0.39 is 71.8 Å². The van der Waals surface area contributed by atoms with Gasteiger partial charge in [0, 0.05) is 32.9 Å². The fraction of sp³-hybridized carbons (Fsp3) is 0.477. The first-order valence-corrected chi connectivity index (χ1v) is 19.4. The molecule has 0 saturated carbocycles. The molecule has 0 spiro atoms. The summed E-state index contributed by atoms with van der Waals surface area (Å²) in [5.74, 6) is -3.22. The number of methoxy groups -OCH3 is 2. The first-order valence-electron chi connectivity index (χ1n) is 19.4. The van der Waals surface area contributed by atoms with E-state index in [0.29, 0.717) is 29.7 Å². The van der Waals surface area contributed by atoms with Crippen molar-refractivity contribution in [3.05, 3.63) is 89.5 Å². The number of nitrogens with one attached hydrogen (secondary N) is 1. The van der Waals surface area contributed by atoms with Gasteiger partial charge in [0.2, 0.25) is 11.8 Å². The summed E-state index contributed by atoms with van der Waals surface area (Å²) in [5, 5.41) is 22.6. The third-order valence-corrected chi connectivity index (χ3v) is 10.5. The lowest BCUT2D eigenvalue weighted by atomic mass is 9.96. The van der Waals surface area contributed by atoms with Gasteiger partial charge < -0.3 is 39.5 Å². The number of aromatic hydroxyl groups is 2. The summed E-state index contributed by atoms with van der Waals surface area (Å²) in [6, 6.07) is 15.6. The van der Waals surface area contributed by atoms with Gasteiger partial charge >= 0.3 is 11.9 Å². The van der Waals surface area contributed by atoms with E-state index in [2.05, 4.69) is 5.32 Å². The van der Waals surface area contributed by atoms with Crippen molar-refractivity contribution < 1.29 is 48.4 Å². The van der Waals surface area contributed by atoms with Crippen LogP contribution in [0.25, 0.3) is 0 Å². The summed E-state index contributed by atoms with van der Waals surface area (Å²) >= 11 is 0. The zero-order valence-electron chi connectivity index (χ0n) is 35.3. The molecular formula is C44H60N4O10. The van der Waals surface area contributed by atoms with Gasteiger partial charge in [0.05, 0.1) is 14.2 Å². The molecule has 0 aliphatic rings. The fourth-order valence-corrected chi connectivity index (χ4v) is 6.43. The Morgan fingerprint density at radius 1 is 0.638 bits per heavy atom. The average Bonchev–Trinajstić information content (AvgIpc) is 3.21. The highest BCUT2D eigenvalue weighted by Crippen LogP contribution is 2.22. The highest BCUT2D eigenvalue weighted by atomic mass is 16.6. The van der Waals surface area contributed by atoms with Gasteiger partial charge in [0.25, 0.3) is 5.91 Å². The molecule has 58 heavy (non-hydrogen) atoms. The van der Waals surface area contributed by atoms with Crippen molar-refractivity contribution in [1.82, 2.24) is 20.0 Å². The van der Waals surface area contributed by atoms with Crippen LogP contribution in [0, 0.1) is 11.8 Å². The van der Waals surface area contributed by atoms with Crippen molar-refractivity contribution in [2.75, 3.05) is 42.4 Å². The Kier molecular flexibility index (Phi) is 17.5. The van der Waals surface area contributed by atoms with Gasteiger partial charge in [-0.1, -0.05) is 64.1 Å². The van der Waals surface area contributed by atoms with Crippen LogP contribution in [-0.2, 0) is 52.7 Å². The molecule has 316 valence electrons. The lowest BCUT2D eigenvalue weighted by molar-refractivity contribution is -0.164. The third-order valence-electron chi connectivity index (χ3n) is 10.5. The molecule has 0 radical (unpaired) electrons. The largest absolute Gasteiger partial charge is 0.508 e. The van der Waals surface area contributed by atoms with Crippen LogP contribution < -0.4 is 10.1 Å². The number of nitrogens with zero attached hydrogens (tertiary/aromatic N) is 3. The summed E-state index contributed by atoms with van der Waals surface area (Å²) in [4.78, 5) is 74.2. The number of hydrogen-bond acceptors (Lipinski definition) is 11. The van der Waals surface area contributed by atoms with Crippen molar-refractivity contribution in [3.63, 3.8) is 0 Å². The molecule has 6 atom stereocenters. The number of phenols is 2. The molecule has 3 rings (SSSR count). The molecule has 0 saturated heterocycles. The maximum atomic E-state index is 14.5. The number of esters is 2. The Hall–Kier alpha value is -5.63. The van der Waals surface area contributed by atoms with E-state index in [0.717, 1.165) is 5.56 Å². The molecule has 0 unspecified atom stereocenters. The van der Waals surface area contributed by atoms with Crippen LogP contribution in [0.2, 0.25) is 0 Å². The van der Waals surface area contributed by atoms with Crippen molar-refractivity contribution in [3.8, 4) is 17.2 Å². The molecule has 0 aliphatic heterocycles. The number of hydrogen-bond donors (Lipinski definition) is 3. The quantitative estimate of drug-likeness (QED) is 0.141. The smallest absolute Gasteiger partial charge is 0.328 e. The number of phenolic OH excluding ortho intramolecular Hbond substituents is 2. The van der Waals surface area contributed by atoms with Crippen LogP contribution in [0.4, 0.5) is 0 Å². The Balaban J connectivity index is 1.92. The predicted molar refractivity (Wildman–Crippen MR) is 219 cm³/mol. The summed E-state index contributed by atoms with van der Waals surface area (Å²) in [5.41, 5.74) is 2.15. The molecule has 0 fully saturated rings. The second kappa shape index (κ2) is 21.8. The molecule has 3 aromatic rings. The fourth-order valence-electron chi connectivity index (χ4n) is 6.43. The van der Waals surface area contributed by atoms with Gasteiger partial charge in [-0.25, -0.2) is 4.79 Å². The van der Waals surface area contributed by atoms with Gasteiger partial charge in [0.1, 0.15) is 41.4 Å². The summed E-state index contributed by atoms with van der Waals surface area (Å²) in [6.07, 6.45) is -0.341. The van der Waals surface area contributed by atoms with E-state index in [1.807, 2.05) is 19.1 Å². The zero-order chi connectivity index (χ0) is 43.3. The van der Waals surface area contributed by atoms with E-state index in [-0.39, 0.29) is 24.3 Å². The van der Waals surface area contributed by atoms with E-state index in [1.165, 1.54) is 55.3 Å². The monoisotopic (exact) mass is 804 g/mol. The summed E-state index contributed by atoms with van der Waals surface area (Å²) in [6.45, 7) is 7.18. The Labute approximate surface area is 342 Å². The van der Waals surface area contributed by atoms with Gasteiger partial charge in [-0.3, -0.25) is 24.1 Å². The first-order chi connectivity index (χ1) is 27.4.